The lowest BCUT2D eigenvalue weighted by molar-refractivity contribution is -0.116. The van der Waals surface area contributed by atoms with Crippen molar-refractivity contribution < 1.29 is 13.2 Å². The Bertz CT molecular complexity index is 795. The predicted molar refractivity (Wildman–Crippen MR) is 91.0 cm³/mol. The minimum atomic E-state index is -3.70. The third kappa shape index (κ3) is 4.29. The van der Waals surface area contributed by atoms with Crippen LogP contribution in [0.2, 0.25) is 0 Å². The number of sulfonamides is 1. The van der Waals surface area contributed by atoms with Gasteiger partial charge in [-0.15, -0.1) is 0 Å². The van der Waals surface area contributed by atoms with E-state index in [0.29, 0.717) is 11.1 Å². The number of nitrogens with one attached hydrogen (secondary N) is 1. The molecule has 2 aromatic rings. The van der Waals surface area contributed by atoms with Gasteiger partial charge in [0, 0.05) is 17.7 Å². The van der Waals surface area contributed by atoms with E-state index in [9.17, 15) is 13.2 Å². The fourth-order valence-electron chi connectivity index (χ4n) is 2.03. The Balaban J connectivity index is 2.37. The maximum Gasteiger partial charge on any atom is 0.261 e. The number of hydrogen-bond donors (Lipinski definition) is 1. The van der Waals surface area contributed by atoms with Gasteiger partial charge in [0.25, 0.3) is 10.0 Å². The number of allylic oxidation sites excluding steroid dienone is 1. The number of carbonyl (C=O) groups is 1. The molecule has 0 amide bonds. The van der Waals surface area contributed by atoms with E-state index >= 15 is 0 Å². The lowest BCUT2D eigenvalue weighted by Crippen LogP contribution is -2.20. The van der Waals surface area contributed by atoms with Gasteiger partial charge >= 0.3 is 0 Å². The van der Waals surface area contributed by atoms with Gasteiger partial charge in [-0.25, -0.2) is 8.42 Å². The van der Waals surface area contributed by atoms with Crippen LogP contribution in [0.1, 0.15) is 19.4 Å². The normalized spacial score (nSPS) is 12.2. The second-order valence-corrected chi connectivity index (χ2v) is 7.09. The fourth-order valence-corrected chi connectivity index (χ4v) is 2.95. The Labute approximate surface area is 136 Å². The molecule has 1 N–H and O–H groups in total. The van der Waals surface area contributed by atoms with Gasteiger partial charge in [-0.1, -0.05) is 62.4 Å². The van der Waals surface area contributed by atoms with E-state index in [-0.39, 0.29) is 16.6 Å². The molecule has 0 heterocycles. The van der Waals surface area contributed by atoms with Crippen molar-refractivity contribution >= 4 is 21.4 Å². The van der Waals surface area contributed by atoms with Crippen molar-refractivity contribution in [3.05, 3.63) is 72.4 Å². The first kappa shape index (κ1) is 17.0. The topological polar surface area (TPSA) is 63.2 Å². The van der Waals surface area contributed by atoms with E-state index in [1.807, 2.05) is 18.2 Å². The van der Waals surface area contributed by atoms with E-state index in [1.165, 1.54) is 18.3 Å². The quantitative estimate of drug-likeness (QED) is 0.828. The van der Waals surface area contributed by atoms with Crippen LogP contribution >= 0.6 is 0 Å². The number of ketones is 1. The van der Waals surface area contributed by atoms with Crippen LogP contribution in [0, 0.1) is 5.92 Å². The molecule has 0 bridgehead atoms. The molecule has 5 heteroatoms. The first-order valence-corrected chi connectivity index (χ1v) is 8.77. The number of rotatable bonds is 6. The molecule has 0 aliphatic rings. The van der Waals surface area contributed by atoms with Gasteiger partial charge in [-0.05, 0) is 17.7 Å². The second-order valence-electron chi connectivity index (χ2n) is 5.38. The number of Topliss-reactive ketones (excluding diaryl/α,β-unsaturated/α-hetero) is 1. The highest BCUT2D eigenvalue weighted by Gasteiger charge is 2.18. The number of benzene rings is 2. The standard InChI is InChI=1S/C18H19NO3S/c1-14(2)18(20)17(15-9-5-3-6-10-15)13-19-23(21,22)16-11-7-4-8-12-16/h3-14,19H,1-2H3/b17-13-. The van der Waals surface area contributed by atoms with Gasteiger partial charge in [0.2, 0.25) is 0 Å². The van der Waals surface area contributed by atoms with Crippen LogP contribution in [-0.4, -0.2) is 14.2 Å². The van der Waals surface area contributed by atoms with Crippen LogP contribution in [-0.2, 0) is 14.8 Å². The van der Waals surface area contributed by atoms with Crippen LogP contribution in [0.15, 0.2) is 71.8 Å². The maximum absolute atomic E-state index is 12.4. The smallest absolute Gasteiger partial charge is 0.261 e. The van der Waals surface area contributed by atoms with Crippen LogP contribution in [0.3, 0.4) is 0 Å². The van der Waals surface area contributed by atoms with E-state index in [2.05, 4.69) is 4.72 Å². The summed E-state index contributed by atoms with van der Waals surface area (Å²) in [6.45, 7) is 3.57. The zero-order valence-electron chi connectivity index (χ0n) is 13.1. The molecule has 0 saturated heterocycles. The van der Waals surface area contributed by atoms with Crippen LogP contribution < -0.4 is 4.72 Å². The summed E-state index contributed by atoms with van der Waals surface area (Å²) in [5, 5.41) is 0. The summed E-state index contributed by atoms with van der Waals surface area (Å²) in [6, 6.07) is 17.1. The van der Waals surface area contributed by atoms with Crippen molar-refractivity contribution in [1.29, 1.82) is 0 Å². The average Bonchev–Trinajstić information content (AvgIpc) is 2.56. The van der Waals surface area contributed by atoms with E-state index < -0.39 is 10.0 Å². The van der Waals surface area contributed by atoms with Crippen molar-refractivity contribution in [2.75, 3.05) is 0 Å². The summed E-state index contributed by atoms with van der Waals surface area (Å²) in [5.41, 5.74) is 1.03. The highest BCUT2D eigenvalue weighted by Crippen LogP contribution is 2.19. The van der Waals surface area contributed by atoms with Gasteiger partial charge in [0.1, 0.15) is 0 Å². The zero-order valence-corrected chi connectivity index (χ0v) is 13.9. The SMILES string of the molecule is CC(C)C(=O)/C(=C\NS(=O)(=O)c1ccccc1)c1ccccc1. The molecule has 2 rings (SSSR count). The highest BCUT2D eigenvalue weighted by molar-refractivity contribution is 7.89. The van der Waals surface area contributed by atoms with Crippen molar-refractivity contribution in [2.24, 2.45) is 5.92 Å². The Morgan fingerprint density at radius 1 is 0.957 bits per heavy atom. The minimum absolute atomic E-state index is 0.119. The third-order valence-corrected chi connectivity index (χ3v) is 4.61. The zero-order chi connectivity index (χ0) is 16.9. The average molecular weight is 329 g/mol. The van der Waals surface area contributed by atoms with Crippen molar-refractivity contribution in [1.82, 2.24) is 4.72 Å². The molecule has 0 radical (unpaired) electrons. The lowest BCUT2D eigenvalue weighted by Gasteiger charge is -2.11. The van der Waals surface area contributed by atoms with Gasteiger partial charge in [-0.2, -0.15) is 0 Å². The molecule has 4 nitrogen and oxygen atoms in total. The van der Waals surface area contributed by atoms with Crippen molar-refractivity contribution in [2.45, 2.75) is 18.7 Å². The molecular formula is C18H19NO3S. The second kappa shape index (κ2) is 7.24. The molecule has 2 aromatic carbocycles. The molecular weight excluding hydrogens is 310 g/mol. The molecule has 0 aliphatic carbocycles. The highest BCUT2D eigenvalue weighted by atomic mass is 32.2. The van der Waals surface area contributed by atoms with Gasteiger partial charge < -0.3 is 0 Å². The summed E-state index contributed by atoms with van der Waals surface area (Å²) < 4.78 is 27.0. The summed E-state index contributed by atoms with van der Waals surface area (Å²) in [4.78, 5) is 12.5. The molecule has 0 atom stereocenters. The molecule has 0 saturated carbocycles. The Kier molecular flexibility index (Phi) is 5.34. The molecule has 0 unspecified atom stereocenters. The molecule has 23 heavy (non-hydrogen) atoms. The summed E-state index contributed by atoms with van der Waals surface area (Å²) in [6.07, 6.45) is 1.28. The van der Waals surface area contributed by atoms with Crippen LogP contribution in [0.25, 0.3) is 5.57 Å². The van der Waals surface area contributed by atoms with E-state index in [1.54, 1.807) is 44.2 Å². The van der Waals surface area contributed by atoms with Crippen LogP contribution in [0.5, 0.6) is 0 Å². The fraction of sp³-hybridized carbons (Fsp3) is 0.167. The van der Waals surface area contributed by atoms with E-state index in [0.717, 1.165) is 0 Å². The first-order chi connectivity index (χ1) is 10.9. The Morgan fingerprint density at radius 3 is 2.00 bits per heavy atom. The summed E-state index contributed by atoms with van der Waals surface area (Å²) >= 11 is 0. The maximum atomic E-state index is 12.4. The van der Waals surface area contributed by atoms with Crippen LogP contribution in [0.4, 0.5) is 0 Å². The van der Waals surface area contributed by atoms with Gasteiger partial charge in [-0.3, -0.25) is 9.52 Å². The summed E-state index contributed by atoms with van der Waals surface area (Å²) in [5.74, 6) is -0.352. The molecule has 0 aromatic heterocycles. The van der Waals surface area contributed by atoms with Gasteiger partial charge in [0.15, 0.2) is 5.78 Å². The molecule has 0 aliphatic heterocycles. The van der Waals surface area contributed by atoms with E-state index in [4.69, 9.17) is 0 Å². The Hall–Kier alpha value is -2.40. The van der Waals surface area contributed by atoms with Crippen molar-refractivity contribution in [3.63, 3.8) is 0 Å². The molecule has 0 spiro atoms. The van der Waals surface area contributed by atoms with Gasteiger partial charge in [0.05, 0.1) is 4.90 Å². The van der Waals surface area contributed by atoms with Crippen molar-refractivity contribution in [3.8, 4) is 0 Å². The monoisotopic (exact) mass is 329 g/mol. The number of carbonyl (C=O) groups excluding carboxylic acids is 1. The largest absolute Gasteiger partial charge is 0.294 e. The third-order valence-electron chi connectivity index (χ3n) is 3.29. The molecule has 120 valence electrons. The number of hydrogen-bond acceptors (Lipinski definition) is 3. The minimum Gasteiger partial charge on any atom is -0.294 e. The predicted octanol–water partition coefficient (Wildman–Crippen LogP) is 3.23. The Morgan fingerprint density at radius 2 is 1.48 bits per heavy atom. The molecule has 0 fully saturated rings. The first-order valence-electron chi connectivity index (χ1n) is 7.29. The lowest BCUT2D eigenvalue weighted by atomic mass is 9.96. The summed E-state index contributed by atoms with van der Waals surface area (Å²) in [7, 11) is -3.70.